The Balaban J connectivity index is 1.55. The predicted octanol–water partition coefficient (Wildman–Crippen LogP) is 4.23. The fraction of sp³-hybridized carbons (Fsp3) is 0.217. The van der Waals surface area contributed by atoms with Crippen molar-refractivity contribution in [3.05, 3.63) is 75.6 Å². The summed E-state index contributed by atoms with van der Waals surface area (Å²) in [4.78, 5) is 34.1. The summed E-state index contributed by atoms with van der Waals surface area (Å²) in [5.41, 5.74) is 0.706. The molecule has 0 N–H and O–H groups in total. The predicted molar refractivity (Wildman–Crippen MR) is 131 cm³/mol. The summed E-state index contributed by atoms with van der Waals surface area (Å²) in [7, 11) is 0. The van der Waals surface area contributed by atoms with E-state index in [1.165, 1.54) is 27.9 Å². The Hall–Kier alpha value is -2.46. The maximum absolute atomic E-state index is 13.4. The molecule has 1 atom stereocenters. The van der Waals surface area contributed by atoms with E-state index < -0.39 is 0 Å². The molecule has 4 heterocycles. The topological polar surface area (TPSA) is 63.9 Å². The Kier molecular flexibility index (Phi) is 6.14. The van der Waals surface area contributed by atoms with Crippen LogP contribution in [0.4, 0.5) is 0 Å². The first kappa shape index (κ1) is 21.4. The van der Waals surface area contributed by atoms with Gasteiger partial charge in [-0.05, 0) is 43.2 Å². The number of thiocarbonyl (C=S) groups is 1. The van der Waals surface area contributed by atoms with Gasteiger partial charge in [-0.15, -0.1) is 0 Å². The zero-order chi connectivity index (χ0) is 22.1. The summed E-state index contributed by atoms with van der Waals surface area (Å²) in [5, 5.41) is 0.553. The largest absolute Gasteiger partial charge is 0.376 e. The van der Waals surface area contributed by atoms with Gasteiger partial charge in [-0.25, -0.2) is 4.98 Å². The van der Waals surface area contributed by atoms with E-state index in [1.807, 2.05) is 36.4 Å². The van der Waals surface area contributed by atoms with Gasteiger partial charge in [-0.2, -0.15) is 0 Å². The van der Waals surface area contributed by atoms with Crippen LogP contribution in [-0.4, -0.2) is 43.8 Å². The van der Waals surface area contributed by atoms with Crippen LogP contribution in [0.3, 0.4) is 0 Å². The minimum atomic E-state index is -0.224. The molecular formula is C23H19N3O3S3. The number of carbonyl (C=O) groups is 1. The number of hydrogen-bond acceptors (Lipinski definition) is 7. The van der Waals surface area contributed by atoms with Crippen molar-refractivity contribution in [3.8, 4) is 0 Å². The van der Waals surface area contributed by atoms with Crippen LogP contribution in [0.25, 0.3) is 11.7 Å². The molecule has 0 bridgehead atoms. The van der Waals surface area contributed by atoms with E-state index in [1.54, 1.807) is 29.3 Å². The number of thioether (sulfide) groups is 1. The van der Waals surface area contributed by atoms with Crippen molar-refractivity contribution in [2.45, 2.75) is 28.9 Å². The van der Waals surface area contributed by atoms with Crippen LogP contribution >= 0.6 is 35.7 Å². The van der Waals surface area contributed by atoms with Crippen LogP contribution in [0.2, 0.25) is 0 Å². The van der Waals surface area contributed by atoms with Crippen LogP contribution in [0, 0.1) is 0 Å². The van der Waals surface area contributed by atoms with Gasteiger partial charge in [0.1, 0.15) is 15.0 Å². The van der Waals surface area contributed by atoms with Gasteiger partial charge in [0, 0.05) is 17.7 Å². The monoisotopic (exact) mass is 481 g/mol. The van der Waals surface area contributed by atoms with Crippen molar-refractivity contribution in [2.75, 3.05) is 13.2 Å². The number of hydrogen-bond donors (Lipinski definition) is 0. The molecule has 1 amide bonds. The molecule has 0 spiro atoms. The molecule has 1 aromatic carbocycles. The molecular weight excluding hydrogens is 462 g/mol. The molecule has 0 radical (unpaired) electrons. The molecule has 3 aromatic rings. The summed E-state index contributed by atoms with van der Waals surface area (Å²) < 4.78 is 7.65. The average Bonchev–Trinajstić information content (AvgIpc) is 3.41. The van der Waals surface area contributed by atoms with Crippen LogP contribution in [0.15, 0.2) is 74.3 Å². The highest BCUT2D eigenvalue weighted by molar-refractivity contribution is 8.26. The zero-order valence-electron chi connectivity index (χ0n) is 17.0. The standard InChI is InChI=1S/C23H19N3O3S3/c27-21-17(13-18-22(28)26(23(30)32-18)14-15-7-6-12-29-15)20(31-16-8-2-1-3-9-16)24-19-10-4-5-11-25(19)21/h1-5,8-11,13,15H,6-7,12,14H2. The van der Waals surface area contributed by atoms with Crippen molar-refractivity contribution >= 4 is 57.7 Å². The van der Waals surface area contributed by atoms with Crippen molar-refractivity contribution in [1.82, 2.24) is 14.3 Å². The third-order valence-corrected chi connectivity index (χ3v) is 7.64. The molecule has 2 aromatic heterocycles. The molecule has 2 saturated heterocycles. The van der Waals surface area contributed by atoms with Gasteiger partial charge < -0.3 is 4.74 Å². The maximum Gasteiger partial charge on any atom is 0.266 e. The van der Waals surface area contributed by atoms with E-state index >= 15 is 0 Å². The third kappa shape index (κ3) is 4.25. The molecule has 0 saturated carbocycles. The number of aromatic nitrogens is 2. The number of benzene rings is 1. The molecule has 2 aliphatic heterocycles. The van der Waals surface area contributed by atoms with Crippen molar-refractivity contribution in [2.24, 2.45) is 0 Å². The summed E-state index contributed by atoms with van der Waals surface area (Å²) in [6.07, 6.45) is 5.24. The fourth-order valence-electron chi connectivity index (χ4n) is 3.66. The van der Waals surface area contributed by atoms with Crippen LogP contribution < -0.4 is 5.56 Å². The first-order valence-electron chi connectivity index (χ1n) is 10.2. The highest BCUT2D eigenvalue weighted by Crippen LogP contribution is 2.35. The molecule has 2 aliphatic rings. The van der Waals surface area contributed by atoms with Gasteiger partial charge in [0.2, 0.25) is 0 Å². The summed E-state index contributed by atoms with van der Waals surface area (Å²) in [6.45, 7) is 1.16. The van der Waals surface area contributed by atoms with E-state index in [2.05, 4.69) is 0 Å². The zero-order valence-corrected chi connectivity index (χ0v) is 19.4. The fourth-order valence-corrected chi connectivity index (χ4v) is 5.83. The molecule has 1 unspecified atom stereocenters. The first-order chi connectivity index (χ1) is 15.6. The lowest BCUT2D eigenvalue weighted by Crippen LogP contribution is -2.35. The van der Waals surface area contributed by atoms with E-state index in [9.17, 15) is 9.59 Å². The Labute approximate surface area is 198 Å². The van der Waals surface area contributed by atoms with Crippen LogP contribution in [0.5, 0.6) is 0 Å². The normalized spacial score (nSPS) is 20.1. The van der Waals surface area contributed by atoms with E-state index in [4.69, 9.17) is 21.9 Å². The minimum absolute atomic E-state index is 0.00834. The smallest absolute Gasteiger partial charge is 0.266 e. The first-order valence-corrected chi connectivity index (χ1v) is 12.3. The number of amides is 1. The van der Waals surface area contributed by atoms with Gasteiger partial charge in [0.05, 0.1) is 23.1 Å². The Morgan fingerprint density at radius 1 is 1.19 bits per heavy atom. The second-order valence-corrected chi connectivity index (χ2v) is 10.1. The lowest BCUT2D eigenvalue weighted by molar-refractivity contribution is -0.123. The lowest BCUT2D eigenvalue weighted by atomic mass is 10.2. The van der Waals surface area contributed by atoms with E-state index in [-0.39, 0.29) is 17.6 Å². The molecule has 0 aliphatic carbocycles. The quantitative estimate of drug-likeness (QED) is 0.307. The SMILES string of the molecule is O=C1C(=Cc2c(Sc3ccccc3)nc3ccccn3c2=O)SC(=S)N1CC1CCCO1. The van der Waals surface area contributed by atoms with Crippen molar-refractivity contribution < 1.29 is 9.53 Å². The van der Waals surface area contributed by atoms with E-state index in [0.717, 1.165) is 24.3 Å². The second kappa shape index (κ2) is 9.19. The molecule has 32 heavy (non-hydrogen) atoms. The average molecular weight is 482 g/mol. The van der Waals surface area contributed by atoms with Crippen molar-refractivity contribution in [1.29, 1.82) is 0 Å². The molecule has 2 fully saturated rings. The summed E-state index contributed by atoms with van der Waals surface area (Å²) in [6, 6.07) is 15.2. The Bertz CT molecular complexity index is 1280. The lowest BCUT2D eigenvalue weighted by Gasteiger charge is -2.18. The van der Waals surface area contributed by atoms with E-state index in [0.29, 0.717) is 32.0 Å². The number of fused-ring (bicyclic) bond motifs is 1. The molecule has 9 heteroatoms. The van der Waals surface area contributed by atoms with Crippen molar-refractivity contribution in [3.63, 3.8) is 0 Å². The molecule has 5 rings (SSSR count). The van der Waals surface area contributed by atoms with Gasteiger partial charge >= 0.3 is 0 Å². The van der Waals surface area contributed by atoms with Gasteiger partial charge in [0.15, 0.2) is 0 Å². The minimum Gasteiger partial charge on any atom is -0.376 e. The number of rotatable bonds is 5. The van der Waals surface area contributed by atoms with Crippen LogP contribution in [0.1, 0.15) is 18.4 Å². The maximum atomic E-state index is 13.4. The highest BCUT2D eigenvalue weighted by atomic mass is 32.2. The Morgan fingerprint density at radius 2 is 2.00 bits per heavy atom. The number of ether oxygens (including phenoxy) is 1. The van der Waals surface area contributed by atoms with Crippen LogP contribution in [-0.2, 0) is 9.53 Å². The number of carbonyl (C=O) groups excluding carboxylic acids is 1. The van der Waals surface area contributed by atoms with Gasteiger partial charge in [0.25, 0.3) is 11.5 Å². The van der Waals surface area contributed by atoms with Gasteiger partial charge in [-0.3, -0.25) is 18.9 Å². The highest BCUT2D eigenvalue weighted by Gasteiger charge is 2.35. The molecule has 6 nitrogen and oxygen atoms in total. The summed E-state index contributed by atoms with van der Waals surface area (Å²) >= 11 is 8.08. The van der Waals surface area contributed by atoms with Gasteiger partial charge in [-0.1, -0.05) is 60.0 Å². The number of pyridine rings is 1. The summed E-state index contributed by atoms with van der Waals surface area (Å²) in [5.74, 6) is -0.191. The second-order valence-electron chi connectivity index (χ2n) is 7.41. The number of nitrogens with zero attached hydrogens (tertiary/aromatic N) is 3. The third-order valence-electron chi connectivity index (χ3n) is 5.25. The molecule has 162 valence electrons. The Morgan fingerprint density at radius 3 is 2.78 bits per heavy atom.